The lowest BCUT2D eigenvalue weighted by Crippen LogP contribution is -2.39. The molecule has 0 saturated heterocycles. The molecule has 2 heteroatoms. The fourth-order valence-electron chi connectivity index (χ4n) is 1.80. The van der Waals surface area contributed by atoms with Crippen molar-refractivity contribution < 1.29 is 4.74 Å². The number of hydrogen-bond donors (Lipinski definition) is 1. The van der Waals surface area contributed by atoms with Gasteiger partial charge in [0.2, 0.25) is 0 Å². The van der Waals surface area contributed by atoms with E-state index in [1.54, 1.807) is 0 Å². The van der Waals surface area contributed by atoms with Crippen LogP contribution in [-0.2, 0) is 5.54 Å². The Hall–Kier alpha value is -1.02. The van der Waals surface area contributed by atoms with E-state index in [1.165, 1.54) is 0 Å². The molecule has 0 heterocycles. The van der Waals surface area contributed by atoms with E-state index >= 15 is 0 Å². The van der Waals surface area contributed by atoms with E-state index in [1.807, 2.05) is 19.1 Å². The van der Waals surface area contributed by atoms with Crippen LogP contribution in [0.15, 0.2) is 24.3 Å². The molecule has 16 heavy (non-hydrogen) atoms. The maximum Gasteiger partial charge on any atom is 0.119 e. The maximum absolute atomic E-state index is 6.40. The second kappa shape index (κ2) is 5.35. The molecule has 0 aromatic heterocycles. The van der Waals surface area contributed by atoms with Crippen LogP contribution in [0.2, 0.25) is 0 Å². The van der Waals surface area contributed by atoms with Crippen LogP contribution in [0.1, 0.15) is 39.7 Å². The highest BCUT2D eigenvalue weighted by molar-refractivity contribution is 5.33. The first-order valence-electron chi connectivity index (χ1n) is 6.04. The molecule has 1 aromatic rings. The van der Waals surface area contributed by atoms with Crippen LogP contribution >= 0.6 is 0 Å². The van der Waals surface area contributed by atoms with Gasteiger partial charge < -0.3 is 10.5 Å². The van der Waals surface area contributed by atoms with E-state index in [-0.39, 0.29) is 5.54 Å². The highest BCUT2D eigenvalue weighted by atomic mass is 16.5. The Morgan fingerprint density at radius 1 is 1.38 bits per heavy atom. The molecule has 2 N–H and O–H groups in total. The van der Waals surface area contributed by atoms with E-state index < -0.39 is 0 Å². The minimum Gasteiger partial charge on any atom is -0.494 e. The standard InChI is InChI=1S/C14H23NO/c1-5-11(3)14(4,15)12-8-7-9-13(10-12)16-6-2/h7-11H,5-6,15H2,1-4H3. The molecule has 0 aliphatic heterocycles. The maximum atomic E-state index is 6.40. The molecule has 0 aliphatic carbocycles. The second-order valence-corrected chi connectivity index (χ2v) is 4.55. The smallest absolute Gasteiger partial charge is 0.119 e. The molecule has 1 aromatic carbocycles. The van der Waals surface area contributed by atoms with Crippen molar-refractivity contribution in [3.63, 3.8) is 0 Å². The van der Waals surface area contributed by atoms with Crippen LogP contribution < -0.4 is 10.5 Å². The molecule has 1 rings (SSSR count). The predicted molar refractivity (Wildman–Crippen MR) is 68.6 cm³/mol. The second-order valence-electron chi connectivity index (χ2n) is 4.55. The number of ether oxygens (including phenoxy) is 1. The summed E-state index contributed by atoms with van der Waals surface area (Å²) in [7, 11) is 0. The van der Waals surface area contributed by atoms with Gasteiger partial charge in [-0.05, 0) is 37.5 Å². The summed E-state index contributed by atoms with van der Waals surface area (Å²) < 4.78 is 5.50. The Kier molecular flexibility index (Phi) is 4.36. The first kappa shape index (κ1) is 13.0. The zero-order chi connectivity index (χ0) is 12.2. The van der Waals surface area contributed by atoms with E-state index in [2.05, 4.69) is 32.9 Å². The predicted octanol–water partition coefficient (Wildman–Crippen LogP) is 3.31. The van der Waals surface area contributed by atoms with Crippen LogP contribution in [0.4, 0.5) is 0 Å². The van der Waals surface area contributed by atoms with Crippen molar-refractivity contribution in [2.75, 3.05) is 6.61 Å². The Morgan fingerprint density at radius 2 is 2.06 bits per heavy atom. The molecule has 0 spiro atoms. The van der Waals surface area contributed by atoms with Crippen molar-refractivity contribution >= 4 is 0 Å². The van der Waals surface area contributed by atoms with Gasteiger partial charge in [0.25, 0.3) is 0 Å². The third-order valence-corrected chi connectivity index (χ3v) is 3.40. The molecule has 2 atom stereocenters. The number of benzene rings is 1. The number of rotatable bonds is 5. The zero-order valence-electron chi connectivity index (χ0n) is 10.8. The van der Waals surface area contributed by atoms with Gasteiger partial charge >= 0.3 is 0 Å². The Bertz CT molecular complexity index is 333. The van der Waals surface area contributed by atoms with Gasteiger partial charge in [-0.3, -0.25) is 0 Å². The van der Waals surface area contributed by atoms with Gasteiger partial charge in [0.1, 0.15) is 5.75 Å². The quantitative estimate of drug-likeness (QED) is 0.828. The lowest BCUT2D eigenvalue weighted by molar-refractivity contribution is 0.310. The van der Waals surface area contributed by atoms with Crippen LogP contribution in [0.3, 0.4) is 0 Å². The number of hydrogen-bond acceptors (Lipinski definition) is 2. The molecule has 0 saturated carbocycles. The minimum absolute atomic E-state index is 0.290. The third-order valence-electron chi connectivity index (χ3n) is 3.40. The average Bonchev–Trinajstić information content (AvgIpc) is 2.28. The van der Waals surface area contributed by atoms with E-state index in [0.717, 1.165) is 17.7 Å². The van der Waals surface area contributed by atoms with Crippen LogP contribution in [0.25, 0.3) is 0 Å². The first-order valence-corrected chi connectivity index (χ1v) is 6.04. The topological polar surface area (TPSA) is 35.2 Å². The van der Waals surface area contributed by atoms with Gasteiger partial charge in [-0.2, -0.15) is 0 Å². The van der Waals surface area contributed by atoms with Gasteiger partial charge in [0.05, 0.1) is 6.61 Å². The van der Waals surface area contributed by atoms with E-state index in [9.17, 15) is 0 Å². The summed E-state index contributed by atoms with van der Waals surface area (Å²) in [6.07, 6.45) is 1.08. The molecule has 2 nitrogen and oxygen atoms in total. The monoisotopic (exact) mass is 221 g/mol. The average molecular weight is 221 g/mol. The van der Waals surface area contributed by atoms with Crippen LogP contribution in [-0.4, -0.2) is 6.61 Å². The lowest BCUT2D eigenvalue weighted by Gasteiger charge is -2.32. The minimum atomic E-state index is -0.290. The zero-order valence-corrected chi connectivity index (χ0v) is 10.8. The SMILES string of the molecule is CCOc1cccc(C(C)(N)C(C)CC)c1. The van der Waals surface area contributed by atoms with Gasteiger partial charge in [0.15, 0.2) is 0 Å². The van der Waals surface area contributed by atoms with E-state index in [4.69, 9.17) is 10.5 Å². The molecule has 90 valence electrons. The summed E-state index contributed by atoms with van der Waals surface area (Å²) >= 11 is 0. The summed E-state index contributed by atoms with van der Waals surface area (Å²) in [5.41, 5.74) is 7.26. The van der Waals surface area contributed by atoms with Crippen molar-refractivity contribution in [3.8, 4) is 5.75 Å². The van der Waals surface area contributed by atoms with Crippen molar-refractivity contribution in [3.05, 3.63) is 29.8 Å². The molecular formula is C14H23NO. The third kappa shape index (κ3) is 2.76. The molecule has 2 unspecified atom stereocenters. The number of nitrogens with two attached hydrogens (primary N) is 1. The van der Waals surface area contributed by atoms with Gasteiger partial charge in [-0.1, -0.05) is 32.4 Å². The Balaban J connectivity index is 2.98. The van der Waals surface area contributed by atoms with Crippen molar-refractivity contribution in [1.82, 2.24) is 0 Å². The molecule has 0 aliphatic rings. The molecule has 0 radical (unpaired) electrons. The Labute approximate surface area is 98.8 Å². The van der Waals surface area contributed by atoms with Crippen molar-refractivity contribution in [2.24, 2.45) is 11.7 Å². The fraction of sp³-hybridized carbons (Fsp3) is 0.571. The van der Waals surface area contributed by atoms with Crippen molar-refractivity contribution in [1.29, 1.82) is 0 Å². The normalized spacial score (nSPS) is 16.6. The summed E-state index contributed by atoms with van der Waals surface area (Å²) in [4.78, 5) is 0. The van der Waals surface area contributed by atoms with Gasteiger partial charge in [-0.15, -0.1) is 0 Å². The molecule has 0 fully saturated rings. The molecule has 0 bridgehead atoms. The summed E-state index contributed by atoms with van der Waals surface area (Å²) in [6, 6.07) is 8.11. The van der Waals surface area contributed by atoms with Crippen LogP contribution in [0.5, 0.6) is 5.75 Å². The summed E-state index contributed by atoms with van der Waals surface area (Å²) in [5, 5.41) is 0. The summed E-state index contributed by atoms with van der Waals surface area (Å²) in [6.45, 7) is 9.12. The Morgan fingerprint density at radius 3 is 2.62 bits per heavy atom. The van der Waals surface area contributed by atoms with Crippen molar-refractivity contribution in [2.45, 2.75) is 39.7 Å². The molecular weight excluding hydrogens is 198 g/mol. The fourth-order valence-corrected chi connectivity index (χ4v) is 1.80. The van der Waals surface area contributed by atoms with Gasteiger partial charge in [-0.25, -0.2) is 0 Å². The van der Waals surface area contributed by atoms with Gasteiger partial charge in [0, 0.05) is 5.54 Å². The molecule has 0 amide bonds. The highest BCUT2D eigenvalue weighted by Gasteiger charge is 2.27. The first-order chi connectivity index (χ1) is 7.52. The van der Waals surface area contributed by atoms with Crippen LogP contribution in [0, 0.1) is 5.92 Å². The lowest BCUT2D eigenvalue weighted by atomic mass is 9.80. The largest absolute Gasteiger partial charge is 0.494 e. The highest BCUT2D eigenvalue weighted by Crippen LogP contribution is 2.30. The van der Waals surface area contributed by atoms with E-state index in [0.29, 0.717) is 12.5 Å². The summed E-state index contributed by atoms with van der Waals surface area (Å²) in [5.74, 6) is 1.35.